The first-order valence-electron chi connectivity index (χ1n) is 5.49. The molecule has 0 N–H and O–H groups in total. The van der Waals surface area contributed by atoms with Crippen molar-refractivity contribution >= 4 is 17.4 Å². The summed E-state index contributed by atoms with van der Waals surface area (Å²) in [5, 5.41) is 0.525. The van der Waals surface area contributed by atoms with Gasteiger partial charge in [0.05, 0.1) is 5.56 Å². The van der Waals surface area contributed by atoms with E-state index >= 15 is 0 Å². The second kappa shape index (κ2) is 5.65. The summed E-state index contributed by atoms with van der Waals surface area (Å²) in [6.07, 6.45) is 3.40. The molecule has 0 bridgehead atoms. The van der Waals surface area contributed by atoms with Crippen molar-refractivity contribution < 1.29 is 9.53 Å². The quantitative estimate of drug-likeness (QED) is 0.791. The minimum absolute atomic E-state index is 0.0674. The van der Waals surface area contributed by atoms with Crippen LogP contribution < -0.4 is 4.74 Å². The molecule has 2 aromatic rings. The van der Waals surface area contributed by atoms with Crippen molar-refractivity contribution in [1.29, 1.82) is 0 Å². The SMILES string of the molecule is CC(=O)c1cc(Cl)ccc1OCc1ccncc1. The number of pyridine rings is 1. The molecule has 18 heavy (non-hydrogen) atoms. The molecule has 0 aliphatic carbocycles. The minimum atomic E-state index is -0.0674. The molecule has 0 radical (unpaired) electrons. The second-order valence-corrected chi connectivity index (χ2v) is 4.28. The van der Waals surface area contributed by atoms with Crippen LogP contribution in [0, 0.1) is 0 Å². The summed E-state index contributed by atoms with van der Waals surface area (Å²) in [5.74, 6) is 0.478. The molecule has 0 aliphatic heterocycles. The first-order chi connectivity index (χ1) is 8.66. The summed E-state index contributed by atoms with van der Waals surface area (Å²) in [5.41, 5.74) is 1.49. The van der Waals surface area contributed by atoms with E-state index in [1.807, 2.05) is 12.1 Å². The molecule has 92 valence electrons. The minimum Gasteiger partial charge on any atom is -0.488 e. The van der Waals surface area contributed by atoms with Gasteiger partial charge in [-0.1, -0.05) is 11.6 Å². The lowest BCUT2D eigenvalue weighted by Crippen LogP contribution is -2.01. The summed E-state index contributed by atoms with van der Waals surface area (Å²) >= 11 is 5.86. The zero-order valence-corrected chi connectivity index (χ0v) is 10.6. The average molecular weight is 262 g/mol. The predicted octanol–water partition coefficient (Wildman–Crippen LogP) is 3.52. The van der Waals surface area contributed by atoms with Crippen molar-refractivity contribution in [1.82, 2.24) is 4.98 Å². The number of aromatic nitrogens is 1. The Morgan fingerprint density at radius 1 is 1.28 bits per heavy atom. The molecule has 1 heterocycles. The van der Waals surface area contributed by atoms with Crippen molar-refractivity contribution in [3.63, 3.8) is 0 Å². The van der Waals surface area contributed by atoms with Crippen molar-refractivity contribution in [2.45, 2.75) is 13.5 Å². The van der Waals surface area contributed by atoms with Crippen molar-refractivity contribution in [3.8, 4) is 5.75 Å². The largest absolute Gasteiger partial charge is 0.488 e. The molecular formula is C14H12ClNO2. The van der Waals surface area contributed by atoms with Crippen LogP contribution >= 0.6 is 11.6 Å². The molecule has 0 aliphatic rings. The van der Waals surface area contributed by atoms with Crippen LogP contribution in [0.4, 0.5) is 0 Å². The topological polar surface area (TPSA) is 39.2 Å². The highest BCUT2D eigenvalue weighted by Crippen LogP contribution is 2.24. The summed E-state index contributed by atoms with van der Waals surface area (Å²) in [6, 6.07) is 8.76. The number of carbonyl (C=O) groups is 1. The Balaban J connectivity index is 2.17. The van der Waals surface area contributed by atoms with Crippen LogP contribution in [0.15, 0.2) is 42.7 Å². The first kappa shape index (κ1) is 12.6. The van der Waals surface area contributed by atoms with Gasteiger partial charge in [0, 0.05) is 17.4 Å². The van der Waals surface area contributed by atoms with E-state index in [9.17, 15) is 4.79 Å². The molecule has 0 saturated carbocycles. The summed E-state index contributed by atoms with van der Waals surface area (Å²) < 4.78 is 5.63. The number of rotatable bonds is 4. The number of hydrogen-bond donors (Lipinski definition) is 0. The lowest BCUT2D eigenvalue weighted by Gasteiger charge is -2.10. The van der Waals surface area contributed by atoms with E-state index < -0.39 is 0 Å². The number of carbonyl (C=O) groups excluding carboxylic acids is 1. The van der Waals surface area contributed by atoms with Crippen molar-refractivity contribution in [2.24, 2.45) is 0 Å². The van der Waals surface area contributed by atoms with Crippen LogP contribution in [-0.4, -0.2) is 10.8 Å². The number of Topliss-reactive ketones (excluding diaryl/α,β-unsaturated/α-hetero) is 1. The van der Waals surface area contributed by atoms with Gasteiger partial charge in [-0.05, 0) is 42.8 Å². The van der Waals surface area contributed by atoms with Crippen LogP contribution in [0.3, 0.4) is 0 Å². The summed E-state index contributed by atoms with van der Waals surface area (Å²) in [4.78, 5) is 15.4. The zero-order valence-electron chi connectivity index (χ0n) is 9.89. The highest BCUT2D eigenvalue weighted by Gasteiger charge is 2.09. The van der Waals surface area contributed by atoms with Gasteiger partial charge in [0.2, 0.25) is 0 Å². The lowest BCUT2D eigenvalue weighted by atomic mass is 10.1. The number of halogens is 1. The molecule has 1 aromatic carbocycles. The zero-order chi connectivity index (χ0) is 13.0. The first-order valence-corrected chi connectivity index (χ1v) is 5.87. The van der Waals surface area contributed by atoms with Crippen LogP contribution in [0.25, 0.3) is 0 Å². The van der Waals surface area contributed by atoms with Gasteiger partial charge in [-0.3, -0.25) is 9.78 Å². The highest BCUT2D eigenvalue weighted by molar-refractivity contribution is 6.31. The average Bonchev–Trinajstić information content (AvgIpc) is 2.38. The van der Waals surface area contributed by atoms with Gasteiger partial charge in [0.15, 0.2) is 5.78 Å². The van der Waals surface area contributed by atoms with Gasteiger partial charge >= 0.3 is 0 Å². The Bertz CT molecular complexity index is 555. The fourth-order valence-electron chi connectivity index (χ4n) is 1.54. The Labute approximate surface area is 110 Å². The Hall–Kier alpha value is -1.87. The molecular weight excluding hydrogens is 250 g/mol. The molecule has 0 unspecified atom stereocenters. The van der Waals surface area contributed by atoms with E-state index in [4.69, 9.17) is 16.3 Å². The number of nitrogens with zero attached hydrogens (tertiary/aromatic N) is 1. The molecule has 3 nitrogen and oxygen atoms in total. The fraction of sp³-hybridized carbons (Fsp3) is 0.143. The molecule has 0 fully saturated rings. The second-order valence-electron chi connectivity index (χ2n) is 3.84. The Morgan fingerprint density at radius 2 is 2.00 bits per heavy atom. The van der Waals surface area contributed by atoms with Crippen LogP contribution in [0.1, 0.15) is 22.8 Å². The predicted molar refractivity (Wildman–Crippen MR) is 70.0 cm³/mol. The van der Waals surface area contributed by atoms with Gasteiger partial charge < -0.3 is 4.74 Å². The van der Waals surface area contributed by atoms with Crippen molar-refractivity contribution in [3.05, 3.63) is 58.9 Å². The normalized spacial score (nSPS) is 10.1. The van der Waals surface area contributed by atoms with Gasteiger partial charge in [0.1, 0.15) is 12.4 Å². The Kier molecular flexibility index (Phi) is 3.95. The van der Waals surface area contributed by atoms with Crippen LogP contribution in [-0.2, 0) is 6.61 Å². The van der Waals surface area contributed by atoms with Gasteiger partial charge in [-0.2, -0.15) is 0 Å². The molecule has 4 heteroatoms. The van der Waals surface area contributed by atoms with Crippen molar-refractivity contribution in [2.75, 3.05) is 0 Å². The third kappa shape index (κ3) is 3.08. The maximum atomic E-state index is 11.5. The number of ether oxygens (including phenoxy) is 1. The third-order valence-electron chi connectivity index (χ3n) is 2.46. The van der Waals surface area contributed by atoms with Crippen LogP contribution in [0.5, 0.6) is 5.75 Å². The molecule has 1 aromatic heterocycles. The smallest absolute Gasteiger partial charge is 0.163 e. The summed E-state index contributed by atoms with van der Waals surface area (Å²) in [6.45, 7) is 1.88. The van der Waals surface area contributed by atoms with Gasteiger partial charge in [0.25, 0.3) is 0 Å². The van der Waals surface area contributed by atoms with E-state index in [2.05, 4.69) is 4.98 Å². The fourth-order valence-corrected chi connectivity index (χ4v) is 1.72. The van der Waals surface area contributed by atoms with E-state index in [0.29, 0.717) is 22.9 Å². The molecule has 2 rings (SSSR count). The molecule has 0 amide bonds. The maximum absolute atomic E-state index is 11.5. The van der Waals surface area contributed by atoms with E-state index in [1.165, 1.54) is 6.92 Å². The standard InChI is InChI=1S/C14H12ClNO2/c1-10(17)13-8-12(15)2-3-14(13)18-9-11-4-6-16-7-5-11/h2-8H,9H2,1H3. The number of hydrogen-bond acceptors (Lipinski definition) is 3. The van der Waals surface area contributed by atoms with E-state index in [-0.39, 0.29) is 5.78 Å². The third-order valence-corrected chi connectivity index (χ3v) is 2.70. The van der Waals surface area contributed by atoms with Gasteiger partial charge in [-0.15, -0.1) is 0 Å². The molecule has 0 atom stereocenters. The molecule has 0 saturated heterocycles. The van der Waals surface area contributed by atoms with E-state index in [0.717, 1.165) is 5.56 Å². The lowest BCUT2D eigenvalue weighted by molar-refractivity contribution is 0.101. The highest BCUT2D eigenvalue weighted by atomic mass is 35.5. The molecule has 0 spiro atoms. The Morgan fingerprint density at radius 3 is 2.67 bits per heavy atom. The number of benzene rings is 1. The number of ketones is 1. The van der Waals surface area contributed by atoms with Crippen LogP contribution in [0.2, 0.25) is 5.02 Å². The monoisotopic (exact) mass is 261 g/mol. The summed E-state index contributed by atoms with van der Waals surface area (Å²) in [7, 11) is 0. The van der Waals surface area contributed by atoms with Gasteiger partial charge in [-0.25, -0.2) is 0 Å². The maximum Gasteiger partial charge on any atom is 0.163 e. The van der Waals surface area contributed by atoms with E-state index in [1.54, 1.807) is 30.6 Å².